The lowest BCUT2D eigenvalue weighted by Gasteiger charge is -2.27. The average molecular weight is 427 g/mol. The molecule has 0 spiro atoms. The second-order valence-corrected chi connectivity index (χ2v) is 7.99. The molecule has 32 heavy (non-hydrogen) atoms. The lowest BCUT2D eigenvalue weighted by molar-refractivity contribution is 0.122. The third-order valence-corrected chi connectivity index (χ3v) is 5.70. The number of aromatic nitrogens is 2. The van der Waals surface area contributed by atoms with E-state index in [1.54, 1.807) is 0 Å². The van der Waals surface area contributed by atoms with Gasteiger partial charge in [-0.25, -0.2) is 4.98 Å². The highest BCUT2D eigenvalue weighted by atomic mass is 16.5. The number of morpholine rings is 1. The molecular weight excluding hydrogens is 396 g/mol. The number of allylic oxidation sites excluding steroid dienone is 1. The predicted octanol–water partition coefficient (Wildman–Crippen LogP) is 3.17. The summed E-state index contributed by atoms with van der Waals surface area (Å²) in [6.07, 6.45) is 7.68. The van der Waals surface area contributed by atoms with Gasteiger partial charge in [0.2, 0.25) is 0 Å². The Balaban J connectivity index is 1.52. The van der Waals surface area contributed by atoms with E-state index in [2.05, 4.69) is 65.1 Å². The number of aryl methyl sites for hydroxylation is 1. The highest BCUT2D eigenvalue weighted by molar-refractivity contribution is 5.63. The summed E-state index contributed by atoms with van der Waals surface area (Å²) in [5.74, 6) is 0.986. The molecule has 0 radical (unpaired) electrons. The minimum absolute atomic E-state index is 0.746. The second-order valence-electron chi connectivity index (χ2n) is 7.99. The minimum Gasteiger partial charge on any atom is -0.384 e. The molecule has 164 valence electrons. The molecule has 0 bridgehead atoms. The molecule has 1 aliphatic heterocycles. The van der Waals surface area contributed by atoms with Gasteiger partial charge >= 0.3 is 0 Å². The molecule has 5 heteroatoms. The third kappa shape index (κ3) is 5.24. The van der Waals surface area contributed by atoms with Gasteiger partial charge in [0.1, 0.15) is 5.82 Å². The monoisotopic (exact) mass is 426 g/mol. The van der Waals surface area contributed by atoms with Crippen LogP contribution in [-0.2, 0) is 11.3 Å². The van der Waals surface area contributed by atoms with Gasteiger partial charge in [0.25, 0.3) is 0 Å². The van der Waals surface area contributed by atoms with Gasteiger partial charge in [0.15, 0.2) is 0 Å². The van der Waals surface area contributed by atoms with Crippen molar-refractivity contribution in [2.45, 2.75) is 20.4 Å². The number of rotatable bonds is 6. The molecule has 4 rings (SSSR count). The summed E-state index contributed by atoms with van der Waals surface area (Å²) in [5.41, 5.74) is 5.74. The first-order chi connectivity index (χ1) is 15.6. The van der Waals surface area contributed by atoms with Crippen molar-refractivity contribution in [1.82, 2.24) is 15.3 Å². The van der Waals surface area contributed by atoms with Crippen LogP contribution in [0.2, 0.25) is 0 Å². The topological polar surface area (TPSA) is 50.3 Å². The van der Waals surface area contributed by atoms with Crippen molar-refractivity contribution < 1.29 is 4.74 Å². The zero-order chi connectivity index (χ0) is 22.3. The van der Waals surface area contributed by atoms with Crippen LogP contribution in [0.3, 0.4) is 0 Å². The van der Waals surface area contributed by atoms with E-state index in [-0.39, 0.29) is 0 Å². The summed E-state index contributed by atoms with van der Waals surface area (Å²) in [6.45, 7) is 12.0. The quantitative estimate of drug-likeness (QED) is 0.656. The number of hydrogen-bond acceptors (Lipinski definition) is 5. The van der Waals surface area contributed by atoms with Crippen LogP contribution in [0.5, 0.6) is 0 Å². The Kier molecular flexibility index (Phi) is 6.97. The molecule has 1 aromatic carbocycles. The van der Waals surface area contributed by atoms with E-state index in [9.17, 15) is 0 Å². The zero-order valence-corrected chi connectivity index (χ0v) is 18.8. The summed E-state index contributed by atoms with van der Waals surface area (Å²) >= 11 is 0. The Hall–Kier alpha value is -3.44. The van der Waals surface area contributed by atoms with Crippen LogP contribution in [0.4, 0.5) is 5.82 Å². The molecule has 1 saturated heterocycles. The minimum atomic E-state index is 0.746. The average Bonchev–Trinajstić information content (AvgIpc) is 2.83. The molecule has 0 atom stereocenters. The van der Waals surface area contributed by atoms with Crippen molar-refractivity contribution in [3.8, 4) is 11.1 Å². The second kappa shape index (κ2) is 10.2. The molecule has 0 aliphatic carbocycles. The molecular formula is C27H30N4O. The maximum absolute atomic E-state index is 5.46. The van der Waals surface area contributed by atoms with Gasteiger partial charge in [-0.15, -0.1) is 0 Å². The number of nitrogens with zero attached hydrogens (tertiary/aromatic N) is 3. The fourth-order valence-electron chi connectivity index (χ4n) is 3.87. The van der Waals surface area contributed by atoms with Crippen LogP contribution in [0.1, 0.15) is 18.2 Å². The first-order valence-corrected chi connectivity index (χ1v) is 11.0. The fraction of sp³-hybridized carbons (Fsp3) is 0.259. The molecule has 0 amide bonds. The molecule has 1 N–H and O–H groups in total. The predicted molar refractivity (Wildman–Crippen MR) is 132 cm³/mol. The van der Waals surface area contributed by atoms with Gasteiger partial charge in [-0.05, 0) is 54.0 Å². The highest BCUT2D eigenvalue weighted by Gasteiger charge is 2.12. The third-order valence-electron chi connectivity index (χ3n) is 5.70. The number of hydrogen-bond donors (Lipinski definition) is 1. The van der Waals surface area contributed by atoms with E-state index in [4.69, 9.17) is 9.72 Å². The van der Waals surface area contributed by atoms with Crippen molar-refractivity contribution >= 4 is 17.6 Å². The van der Waals surface area contributed by atoms with E-state index in [1.165, 1.54) is 16.7 Å². The Bertz CT molecular complexity index is 1200. The Labute approximate surface area is 189 Å². The fourth-order valence-corrected chi connectivity index (χ4v) is 3.87. The van der Waals surface area contributed by atoms with E-state index >= 15 is 0 Å². The molecule has 3 heterocycles. The zero-order valence-electron chi connectivity index (χ0n) is 18.8. The first kappa shape index (κ1) is 21.8. The van der Waals surface area contributed by atoms with E-state index < -0.39 is 0 Å². The van der Waals surface area contributed by atoms with Gasteiger partial charge in [0.05, 0.1) is 13.2 Å². The van der Waals surface area contributed by atoms with Crippen molar-refractivity contribution in [2.24, 2.45) is 0 Å². The normalized spacial score (nSPS) is 15.4. The standard InChI is InChI=1S/C27H30N4O/c1-4-5-25-17-27(31-12-14-32-15-13-31)30-19-26(25)21(3)29-18-22-6-8-23(9-7-22)24-10-11-28-20(2)16-24/h4-11,16-17,19,29H,1,12-15,18H2,2-3H3/b25-5-,26-21+. The van der Waals surface area contributed by atoms with Crippen LogP contribution in [0.25, 0.3) is 22.9 Å². The van der Waals surface area contributed by atoms with Crippen molar-refractivity contribution in [3.63, 3.8) is 0 Å². The summed E-state index contributed by atoms with van der Waals surface area (Å²) in [7, 11) is 0. The molecule has 1 fully saturated rings. The molecule has 5 nitrogen and oxygen atoms in total. The van der Waals surface area contributed by atoms with Gasteiger partial charge in [0, 0.05) is 48.6 Å². The SMILES string of the molecule is C=C/C=c1/cc(N2CCOCC2)nc/c1=C(/C)NCc1ccc(-c2ccnc(C)c2)cc1. The van der Waals surface area contributed by atoms with Gasteiger partial charge in [-0.1, -0.05) is 43.0 Å². The molecule has 0 saturated carbocycles. The maximum atomic E-state index is 5.46. The lowest BCUT2D eigenvalue weighted by atomic mass is 10.0. The highest BCUT2D eigenvalue weighted by Crippen LogP contribution is 2.20. The van der Waals surface area contributed by atoms with E-state index in [0.29, 0.717) is 0 Å². The van der Waals surface area contributed by atoms with Crippen LogP contribution in [-0.4, -0.2) is 36.3 Å². The summed E-state index contributed by atoms with van der Waals surface area (Å²) in [5, 5.41) is 5.76. The van der Waals surface area contributed by atoms with Crippen molar-refractivity contribution in [2.75, 3.05) is 31.2 Å². The summed E-state index contributed by atoms with van der Waals surface area (Å²) < 4.78 is 5.46. The number of nitrogens with one attached hydrogen (secondary N) is 1. The van der Waals surface area contributed by atoms with E-state index in [1.807, 2.05) is 37.5 Å². The van der Waals surface area contributed by atoms with Crippen LogP contribution in [0.15, 0.2) is 67.5 Å². The molecule has 3 aromatic rings. The van der Waals surface area contributed by atoms with Crippen LogP contribution < -0.4 is 20.7 Å². The molecule has 1 aliphatic rings. The van der Waals surface area contributed by atoms with Crippen LogP contribution >= 0.6 is 0 Å². The maximum Gasteiger partial charge on any atom is 0.129 e. The Morgan fingerprint density at radius 2 is 1.88 bits per heavy atom. The van der Waals surface area contributed by atoms with Crippen molar-refractivity contribution in [1.29, 1.82) is 0 Å². The Morgan fingerprint density at radius 3 is 2.59 bits per heavy atom. The lowest BCUT2D eigenvalue weighted by Crippen LogP contribution is -2.39. The number of ether oxygens (including phenoxy) is 1. The van der Waals surface area contributed by atoms with Crippen molar-refractivity contribution in [3.05, 3.63) is 89.2 Å². The Morgan fingerprint density at radius 1 is 1.09 bits per heavy atom. The van der Waals surface area contributed by atoms with Crippen LogP contribution in [0, 0.1) is 6.92 Å². The van der Waals surface area contributed by atoms with Gasteiger partial charge < -0.3 is 15.0 Å². The number of pyridine rings is 2. The largest absolute Gasteiger partial charge is 0.384 e. The van der Waals surface area contributed by atoms with E-state index in [0.717, 1.165) is 60.5 Å². The molecule has 2 aromatic heterocycles. The van der Waals surface area contributed by atoms with Gasteiger partial charge in [-0.3, -0.25) is 4.98 Å². The number of benzene rings is 1. The summed E-state index contributed by atoms with van der Waals surface area (Å²) in [4.78, 5) is 11.3. The van der Waals surface area contributed by atoms with Gasteiger partial charge in [-0.2, -0.15) is 0 Å². The first-order valence-electron chi connectivity index (χ1n) is 11.0. The smallest absolute Gasteiger partial charge is 0.129 e. The summed E-state index contributed by atoms with van der Waals surface area (Å²) in [6, 6.07) is 15.0. The number of anilines is 1. The molecule has 0 unspecified atom stereocenters.